The molecular formula is C23H30N2O6S. The summed E-state index contributed by atoms with van der Waals surface area (Å²) in [5.74, 6) is 0.642. The lowest BCUT2D eigenvalue weighted by Gasteiger charge is -2.32. The Bertz CT molecular complexity index is 1110. The first-order valence-electron chi connectivity index (χ1n) is 10.6. The van der Waals surface area contributed by atoms with Gasteiger partial charge in [-0.2, -0.15) is 0 Å². The monoisotopic (exact) mass is 462 g/mol. The lowest BCUT2D eigenvalue weighted by atomic mass is 9.87. The molecule has 1 amide bonds. The number of hydrogen-bond acceptors (Lipinski definition) is 6. The van der Waals surface area contributed by atoms with Crippen LogP contribution in [0.3, 0.4) is 0 Å². The summed E-state index contributed by atoms with van der Waals surface area (Å²) < 4.78 is 38.3. The number of piperidine rings is 1. The van der Waals surface area contributed by atoms with Crippen LogP contribution in [-0.4, -0.2) is 45.0 Å². The largest absolute Gasteiger partial charge is 0.490 e. The number of benzene rings is 1. The van der Waals surface area contributed by atoms with E-state index >= 15 is 0 Å². The van der Waals surface area contributed by atoms with Crippen molar-refractivity contribution in [2.75, 3.05) is 19.6 Å². The third-order valence-corrected chi connectivity index (χ3v) is 6.83. The molecule has 0 unspecified atom stereocenters. The Morgan fingerprint density at radius 1 is 1.16 bits per heavy atom. The van der Waals surface area contributed by atoms with E-state index in [1.165, 1.54) is 6.07 Å². The van der Waals surface area contributed by atoms with Gasteiger partial charge >= 0.3 is 5.63 Å². The highest BCUT2D eigenvalue weighted by Crippen LogP contribution is 2.23. The highest BCUT2D eigenvalue weighted by molar-refractivity contribution is 7.89. The molecule has 2 aromatic rings. The van der Waals surface area contributed by atoms with Crippen LogP contribution in [0.1, 0.15) is 44.9 Å². The Kier molecular flexibility index (Phi) is 7.09. The molecular weight excluding hydrogens is 432 g/mol. The van der Waals surface area contributed by atoms with E-state index in [1.54, 1.807) is 42.2 Å². The second kappa shape index (κ2) is 9.46. The molecule has 0 bridgehead atoms. The van der Waals surface area contributed by atoms with E-state index in [0.717, 1.165) is 5.56 Å². The van der Waals surface area contributed by atoms with Gasteiger partial charge in [0.05, 0.1) is 17.5 Å². The van der Waals surface area contributed by atoms with Gasteiger partial charge in [-0.1, -0.05) is 32.9 Å². The fourth-order valence-corrected chi connectivity index (χ4v) is 4.52. The van der Waals surface area contributed by atoms with Crippen LogP contribution in [0.15, 0.2) is 50.5 Å². The van der Waals surface area contributed by atoms with E-state index in [2.05, 4.69) is 25.5 Å². The van der Waals surface area contributed by atoms with Crippen molar-refractivity contribution in [2.45, 2.75) is 57.0 Å². The Hall–Kier alpha value is -2.65. The zero-order chi connectivity index (χ0) is 23.5. The lowest BCUT2D eigenvalue weighted by Crippen LogP contribution is -2.46. The van der Waals surface area contributed by atoms with E-state index in [4.69, 9.17) is 9.15 Å². The number of aryl methyl sites for hydroxylation is 1. The first-order valence-corrected chi connectivity index (χ1v) is 12.1. The van der Waals surface area contributed by atoms with Crippen molar-refractivity contribution in [3.05, 3.63) is 58.1 Å². The number of nitrogens with zero attached hydrogens (tertiary/aromatic N) is 1. The molecule has 3 rings (SSSR count). The Labute approximate surface area is 188 Å². The molecule has 32 heavy (non-hydrogen) atoms. The summed E-state index contributed by atoms with van der Waals surface area (Å²) in [7, 11) is -3.78. The molecule has 8 nitrogen and oxygen atoms in total. The molecule has 0 radical (unpaired) electrons. The number of carbonyl (C=O) groups is 1. The molecule has 1 aromatic heterocycles. The van der Waals surface area contributed by atoms with Gasteiger partial charge in [-0.3, -0.25) is 4.79 Å². The predicted molar refractivity (Wildman–Crippen MR) is 120 cm³/mol. The van der Waals surface area contributed by atoms with Gasteiger partial charge in [-0.25, -0.2) is 17.9 Å². The molecule has 0 atom stereocenters. The van der Waals surface area contributed by atoms with E-state index < -0.39 is 15.6 Å². The van der Waals surface area contributed by atoms with Crippen LogP contribution in [-0.2, 0) is 20.2 Å². The quantitative estimate of drug-likeness (QED) is 0.707. The average molecular weight is 463 g/mol. The highest BCUT2D eigenvalue weighted by Gasteiger charge is 2.25. The van der Waals surface area contributed by atoms with E-state index in [-0.39, 0.29) is 28.9 Å². The summed E-state index contributed by atoms with van der Waals surface area (Å²) in [5, 5.41) is 0. The zero-order valence-electron chi connectivity index (χ0n) is 18.9. The van der Waals surface area contributed by atoms with Gasteiger partial charge < -0.3 is 14.1 Å². The van der Waals surface area contributed by atoms with Crippen LogP contribution >= 0.6 is 0 Å². The van der Waals surface area contributed by atoms with Gasteiger partial charge in [0.1, 0.15) is 17.6 Å². The number of likely N-dealkylation sites (tertiary alicyclic amines) is 1. The van der Waals surface area contributed by atoms with Gasteiger partial charge in [0.25, 0.3) is 0 Å². The maximum Gasteiger partial charge on any atom is 0.339 e. The second-order valence-electron chi connectivity index (χ2n) is 9.02. The van der Waals surface area contributed by atoms with E-state index in [9.17, 15) is 18.0 Å². The minimum atomic E-state index is -3.78. The number of ether oxygens (including phenoxy) is 1. The molecule has 2 heterocycles. The number of sulfonamides is 1. The van der Waals surface area contributed by atoms with Crippen molar-refractivity contribution in [1.82, 2.24) is 9.62 Å². The molecule has 1 aliphatic heterocycles. The van der Waals surface area contributed by atoms with Crippen LogP contribution in [0.5, 0.6) is 5.75 Å². The maximum atomic E-state index is 12.6. The third-order valence-electron chi connectivity index (χ3n) is 5.41. The molecule has 0 spiro atoms. The molecule has 0 aliphatic carbocycles. The summed E-state index contributed by atoms with van der Waals surface area (Å²) in [5.41, 5.74) is 0.491. The number of rotatable bonds is 6. The van der Waals surface area contributed by atoms with Crippen LogP contribution in [0.4, 0.5) is 0 Å². The zero-order valence-corrected chi connectivity index (χ0v) is 19.7. The molecule has 1 saturated heterocycles. The molecule has 9 heteroatoms. The van der Waals surface area contributed by atoms with Crippen molar-refractivity contribution in [3.8, 4) is 5.75 Å². The van der Waals surface area contributed by atoms with E-state index in [0.29, 0.717) is 37.4 Å². The summed E-state index contributed by atoms with van der Waals surface area (Å²) in [6.07, 6.45) is 1.05. The number of carbonyl (C=O) groups excluding carboxylic acids is 1. The van der Waals surface area contributed by atoms with Crippen molar-refractivity contribution >= 4 is 15.9 Å². The first kappa shape index (κ1) is 24.0. The minimum Gasteiger partial charge on any atom is -0.490 e. The minimum absolute atomic E-state index is 0.0759. The molecule has 1 aliphatic rings. The Balaban J connectivity index is 1.50. The van der Waals surface area contributed by atoms with Crippen LogP contribution in [0, 0.1) is 6.92 Å². The van der Waals surface area contributed by atoms with Crippen molar-refractivity contribution in [2.24, 2.45) is 0 Å². The maximum absolute atomic E-state index is 12.6. The van der Waals surface area contributed by atoms with Gasteiger partial charge in [0.2, 0.25) is 15.9 Å². The van der Waals surface area contributed by atoms with Crippen LogP contribution in [0.2, 0.25) is 0 Å². The summed E-state index contributed by atoms with van der Waals surface area (Å²) in [6.45, 7) is 8.44. The second-order valence-corrected chi connectivity index (χ2v) is 10.8. The summed E-state index contributed by atoms with van der Waals surface area (Å²) in [4.78, 5) is 25.7. The Morgan fingerprint density at radius 2 is 1.78 bits per heavy atom. The van der Waals surface area contributed by atoms with Crippen LogP contribution < -0.4 is 15.1 Å². The fourth-order valence-electron chi connectivity index (χ4n) is 3.55. The van der Waals surface area contributed by atoms with Crippen molar-refractivity contribution < 1.29 is 22.4 Å². The molecule has 1 N–H and O–H groups in total. The lowest BCUT2D eigenvalue weighted by molar-refractivity contribution is -0.131. The summed E-state index contributed by atoms with van der Waals surface area (Å²) >= 11 is 0. The molecule has 1 fully saturated rings. The standard InChI is InChI=1S/C23H30N2O6S/c1-16-13-19(14-22(27)30-16)31-18-9-11-25(12-10-18)21(26)15-24-32(28,29)20-7-5-17(6-8-20)23(2,3)4/h5-8,13-14,18,24H,9-12,15H2,1-4H3. The highest BCUT2D eigenvalue weighted by atomic mass is 32.2. The smallest absolute Gasteiger partial charge is 0.339 e. The molecule has 1 aromatic carbocycles. The topological polar surface area (TPSA) is 106 Å². The van der Waals surface area contributed by atoms with Crippen molar-refractivity contribution in [1.29, 1.82) is 0 Å². The molecule has 0 saturated carbocycles. The van der Waals surface area contributed by atoms with Gasteiger partial charge in [0, 0.05) is 32.0 Å². The van der Waals surface area contributed by atoms with Gasteiger partial charge in [0.15, 0.2) is 0 Å². The fraction of sp³-hybridized carbons (Fsp3) is 0.478. The normalized spacial score (nSPS) is 15.6. The van der Waals surface area contributed by atoms with Crippen LogP contribution in [0.25, 0.3) is 0 Å². The molecule has 174 valence electrons. The van der Waals surface area contributed by atoms with E-state index in [1.807, 2.05) is 0 Å². The SMILES string of the molecule is Cc1cc(OC2CCN(C(=O)CNS(=O)(=O)c3ccc(C(C)(C)C)cc3)CC2)cc(=O)o1. The predicted octanol–water partition coefficient (Wildman–Crippen LogP) is 2.59. The number of nitrogens with one attached hydrogen (secondary N) is 1. The van der Waals surface area contributed by atoms with Gasteiger partial charge in [-0.15, -0.1) is 0 Å². The third kappa shape index (κ3) is 6.20. The number of amides is 1. The Morgan fingerprint density at radius 3 is 2.34 bits per heavy atom. The summed E-state index contributed by atoms with van der Waals surface area (Å²) in [6, 6.07) is 9.65. The number of hydrogen-bond donors (Lipinski definition) is 1. The first-order chi connectivity index (χ1) is 14.9. The van der Waals surface area contributed by atoms with Gasteiger partial charge in [-0.05, 0) is 30.0 Å². The average Bonchev–Trinajstić information content (AvgIpc) is 2.71. The van der Waals surface area contributed by atoms with Crippen molar-refractivity contribution in [3.63, 3.8) is 0 Å².